The van der Waals surface area contributed by atoms with Gasteiger partial charge in [-0.3, -0.25) is 9.59 Å². The van der Waals surface area contributed by atoms with Crippen LogP contribution in [0.15, 0.2) is 48.5 Å². The highest BCUT2D eigenvalue weighted by molar-refractivity contribution is 5.78. The molecule has 2 aromatic rings. The van der Waals surface area contributed by atoms with Gasteiger partial charge in [0, 0.05) is 25.6 Å². The van der Waals surface area contributed by atoms with Gasteiger partial charge in [0.15, 0.2) is 6.61 Å². The molecule has 3 rings (SSSR count). The fraction of sp³-hybridized carbons (Fsp3) is 0.417. The second kappa shape index (κ2) is 10.1. The predicted molar refractivity (Wildman–Crippen MR) is 114 cm³/mol. The Morgan fingerprint density at radius 2 is 1.79 bits per heavy atom. The number of aryl methyl sites for hydroxylation is 3. The molecule has 5 nitrogen and oxygen atoms in total. The standard InChI is InChI=1S/C24H30N2O3/c1-18-8-10-22(19(2)16-18)29-17-24(28)26-14-12-21(13-15-26)25-23(27)11-9-20-6-4-3-5-7-20/h3-8,10,16,21H,9,11-15,17H2,1-2H3,(H,25,27). The number of piperidine rings is 1. The Hall–Kier alpha value is -2.82. The molecular formula is C24H30N2O3. The van der Waals surface area contributed by atoms with Crippen molar-refractivity contribution in [2.75, 3.05) is 19.7 Å². The highest BCUT2D eigenvalue weighted by atomic mass is 16.5. The van der Waals surface area contributed by atoms with Crippen LogP contribution < -0.4 is 10.1 Å². The van der Waals surface area contributed by atoms with Gasteiger partial charge in [-0.15, -0.1) is 0 Å². The number of benzene rings is 2. The van der Waals surface area contributed by atoms with Crippen molar-refractivity contribution >= 4 is 11.8 Å². The lowest BCUT2D eigenvalue weighted by Crippen LogP contribution is -2.47. The minimum absolute atomic E-state index is 0.00108. The Kier molecular flexibility index (Phi) is 7.28. The van der Waals surface area contributed by atoms with Crippen LogP contribution in [-0.2, 0) is 16.0 Å². The number of nitrogens with zero attached hydrogens (tertiary/aromatic N) is 1. The maximum atomic E-state index is 12.5. The summed E-state index contributed by atoms with van der Waals surface area (Å²) < 4.78 is 5.71. The minimum Gasteiger partial charge on any atom is -0.484 e. The van der Waals surface area contributed by atoms with E-state index in [2.05, 4.69) is 5.32 Å². The Labute approximate surface area is 173 Å². The van der Waals surface area contributed by atoms with Crippen LogP contribution in [0.1, 0.15) is 36.0 Å². The topological polar surface area (TPSA) is 58.6 Å². The molecule has 29 heavy (non-hydrogen) atoms. The molecule has 0 atom stereocenters. The van der Waals surface area contributed by atoms with Crippen LogP contribution in [0, 0.1) is 13.8 Å². The first-order valence-corrected chi connectivity index (χ1v) is 10.3. The fourth-order valence-corrected chi connectivity index (χ4v) is 3.67. The zero-order valence-corrected chi connectivity index (χ0v) is 17.3. The predicted octanol–water partition coefficient (Wildman–Crippen LogP) is 3.42. The number of ether oxygens (including phenoxy) is 1. The fourth-order valence-electron chi connectivity index (χ4n) is 3.67. The van der Waals surface area contributed by atoms with E-state index < -0.39 is 0 Å². The van der Waals surface area contributed by atoms with Gasteiger partial charge in [-0.2, -0.15) is 0 Å². The molecule has 1 aliphatic heterocycles. The summed E-state index contributed by atoms with van der Waals surface area (Å²) in [7, 11) is 0. The molecule has 0 bridgehead atoms. The second-order valence-electron chi connectivity index (χ2n) is 7.77. The molecule has 0 saturated carbocycles. The van der Waals surface area contributed by atoms with Gasteiger partial charge in [-0.25, -0.2) is 0 Å². The third-order valence-corrected chi connectivity index (χ3v) is 5.38. The van der Waals surface area contributed by atoms with Gasteiger partial charge in [0.05, 0.1) is 0 Å². The van der Waals surface area contributed by atoms with Gasteiger partial charge in [0.25, 0.3) is 5.91 Å². The first-order valence-electron chi connectivity index (χ1n) is 10.3. The number of hydrogen-bond donors (Lipinski definition) is 1. The van der Waals surface area contributed by atoms with Crippen LogP contribution in [0.3, 0.4) is 0 Å². The third kappa shape index (κ3) is 6.34. The normalized spacial score (nSPS) is 14.5. The average molecular weight is 395 g/mol. The number of hydrogen-bond acceptors (Lipinski definition) is 3. The summed E-state index contributed by atoms with van der Waals surface area (Å²) in [6, 6.07) is 16.1. The van der Waals surface area contributed by atoms with Crippen LogP contribution in [0.2, 0.25) is 0 Å². The van der Waals surface area contributed by atoms with E-state index >= 15 is 0 Å². The van der Waals surface area contributed by atoms with E-state index in [1.165, 1.54) is 11.1 Å². The first kappa shape index (κ1) is 20.9. The lowest BCUT2D eigenvalue weighted by molar-refractivity contribution is -0.134. The molecule has 0 aromatic heterocycles. The second-order valence-corrected chi connectivity index (χ2v) is 7.77. The highest BCUT2D eigenvalue weighted by Crippen LogP contribution is 2.19. The van der Waals surface area contributed by atoms with Gasteiger partial charge >= 0.3 is 0 Å². The monoisotopic (exact) mass is 394 g/mol. The largest absolute Gasteiger partial charge is 0.484 e. The zero-order chi connectivity index (χ0) is 20.6. The van der Waals surface area contributed by atoms with E-state index in [0.717, 1.165) is 30.6 Å². The van der Waals surface area contributed by atoms with Crippen molar-refractivity contribution in [3.05, 3.63) is 65.2 Å². The molecule has 1 fully saturated rings. The molecule has 154 valence electrons. The number of amides is 2. The molecule has 0 radical (unpaired) electrons. The Balaban J connectivity index is 1.37. The van der Waals surface area contributed by atoms with Crippen LogP contribution >= 0.6 is 0 Å². The summed E-state index contributed by atoms with van der Waals surface area (Å²) in [5.41, 5.74) is 3.38. The van der Waals surface area contributed by atoms with Gasteiger partial charge in [-0.1, -0.05) is 48.0 Å². The van der Waals surface area contributed by atoms with Gasteiger partial charge < -0.3 is 15.0 Å². The Morgan fingerprint density at radius 3 is 2.48 bits per heavy atom. The highest BCUT2D eigenvalue weighted by Gasteiger charge is 2.24. The van der Waals surface area contributed by atoms with E-state index in [-0.39, 0.29) is 24.5 Å². The molecule has 0 aliphatic carbocycles. The summed E-state index contributed by atoms with van der Waals surface area (Å²) in [6.45, 7) is 5.38. The average Bonchev–Trinajstić information content (AvgIpc) is 2.73. The Bertz CT molecular complexity index is 827. The molecule has 0 spiro atoms. The molecule has 1 heterocycles. The summed E-state index contributed by atoms with van der Waals surface area (Å²) in [4.78, 5) is 26.5. The van der Waals surface area contributed by atoms with Crippen molar-refractivity contribution in [3.63, 3.8) is 0 Å². The summed E-state index contributed by atoms with van der Waals surface area (Å²) in [5.74, 6) is 0.833. The van der Waals surface area contributed by atoms with Crippen molar-refractivity contribution in [3.8, 4) is 5.75 Å². The molecule has 2 amide bonds. The number of carbonyl (C=O) groups excluding carboxylic acids is 2. The maximum Gasteiger partial charge on any atom is 0.260 e. The first-order chi connectivity index (χ1) is 14.0. The van der Waals surface area contributed by atoms with Crippen molar-refractivity contribution in [1.29, 1.82) is 0 Å². The number of nitrogens with one attached hydrogen (secondary N) is 1. The van der Waals surface area contributed by atoms with Gasteiger partial charge in [0.2, 0.25) is 5.91 Å². The van der Waals surface area contributed by atoms with E-state index in [4.69, 9.17) is 4.74 Å². The number of likely N-dealkylation sites (tertiary alicyclic amines) is 1. The van der Waals surface area contributed by atoms with Crippen molar-refractivity contribution < 1.29 is 14.3 Å². The summed E-state index contributed by atoms with van der Waals surface area (Å²) >= 11 is 0. The van der Waals surface area contributed by atoms with E-state index in [1.54, 1.807) is 0 Å². The summed E-state index contributed by atoms with van der Waals surface area (Å²) in [5, 5.41) is 3.11. The van der Waals surface area contributed by atoms with Crippen LogP contribution in [0.25, 0.3) is 0 Å². The van der Waals surface area contributed by atoms with Crippen LogP contribution in [-0.4, -0.2) is 42.5 Å². The lowest BCUT2D eigenvalue weighted by Gasteiger charge is -2.32. The third-order valence-electron chi connectivity index (χ3n) is 5.38. The summed E-state index contributed by atoms with van der Waals surface area (Å²) in [6.07, 6.45) is 2.81. The van der Waals surface area contributed by atoms with Crippen molar-refractivity contribution in [2.45, 2.75) is 45.6 Å². The minimum atomic E-state index is -0.00108. The van der Waals surface area contributed by atoms with Crippen LogP contribution in [0.5, 0.6) is 5.75 Å². The molecule has 2 aromatic carbocycles. The quantitative estimate of drug-likeness (QED) is 0.783. The lowest BCUT2D eigenvalue weighted by atomic mass is 10.0. The van der Waals surface area contributed by atoms with Gasteiger partial charge in [0.1, 0.15) is 5.75 Å². The van der Waals surface area contributed by atoms with Gasteiger partial charge in [-0.05, 0) is 50.3 Å². The molecule has 1 saturated heterocycles. The molecular weight excluding hydrogens is 364 g/mol. The SMILES string of the molecule is Cc1ccc(OCC(=O)N2CCC(NC(=O)CCc3ccccc3)CC2)c(C)c1. The maximum absolute atomic E-state index is 12.5. The number of rotatable bonds is 7. The van der Waals surface area contributed by atoms with E-state index in [9.17, 15) is 9.59 Å². The molecule has 5 heteroatoms. The number of carbonyl (C=O) groups is 2. The van der Waals surface area contributed by atoms with Crippen LogP contribution in [0.4, 0.5) is 0 Å². The van der Waals surface area contributed by atoms with Crippen molar-refractivity contribution in [1.82, 2.24) is 10.2 Å². The molecule has 0 unspecified atom stereocenters. The molecule has 1 N–H and O–H groups in total. The Morgan fingerprint density at radius 1 is 1.07 bits per heavy atom. The zero-order valence-electron chi connectivity index (χ0n) is 17.3. The van der Waals surface area contributed by atoms with E-state index in [1.807, 2.05) is 67.3 Å². The van der Waals surface area contributed by atoms with E-state index in [0.29, 0.717) is 19.5 Å². The smallest absolute Gasteiger partial charge is 0.260 e. The van der Waals surface area contributed by atoms with Crippen molar-refractivity contribution in [2.24, 2.45) is 0 Å². The molecule has 1 aliphatic rings.